The first-order valence-corrected chi connectivity index (χ1v) is 6.89. The first kappa shape index (κ1) is 14.7. The molecule has 96 valence electrons. The summed E-state index contributed by atoms with van der Waals surface area (Å²) in [5, 5.41) is 13.3. The van der Waals surface area contributed by atoms with E-state index in [1.165, 1.54) is 0 Å². The highest BCUT2D eigenvalue weighted by Gasteiger charge is 2.25. The molecule has 0 aliphatic carbocycles. The number of rotatable bonds is 6. The monoisotopic (exact) mass is 320 g/mol. The lowest BCUT2D eigenvalue weighted by Crippen LogP contribution is -2.32. The molecule has 0 aromatic carbocycles. The number of hydrogen-bond donors (Lipinski definition) is 2. The SMILES string of the molecule is CCC(CC)(CO)CNc1ncc(Cl)cc1Br. The number of hydrogen-bond acceptors (Lipinski definition) is 3. The molecule has 1 heterocycles. The second-order valence-corrected chi connectivity index (χ2v) is 5.49. The minimum atomic E-state index is -0.0826. The van der Waals surface area contributed by atoms with Crippen LogP contribution < -0.4 is 5.32 Å². The lowest BCUT2D eigenvalue weighted by molar-refractivity contribution is 0.127. The van der Waals surface area contributed by atoms with Crippen molar-refractivity contribution in [2.75, 3.05) is 18.5 Å². The van der Waals surface area contributed by atoms with Crippen molar-refractivity contribution in [2.45, 2.75) is 26.7 Å². The van der Waals surface area contributed by atoms with Crippen LogP contribution >= 0.6 is 27.5 Å². The van der Waals surface area contributed by atoms with E-state index in [2.05, 4.69) is 40.1 Å². The fraction of sp³-hybridized carbons (Fsp3) is 0.583. The zero-order chi connectivity index (χ0) is 12.9. The first-order chi connectivity index (χ1) is 8.06. The molecule has 0 fully saturated rings. The summed E-state index contributed by atoms with van der Waals surface area (Å²) >= 11 is 9.24. The number of nitrogens with one attached hydrogen (secondary N) is 1. The van der Waals surface area contributed by atoms with Crippen LogP contribution in [0.15, 0.2) is 16.7 Å². The van der Waals surface area contributed by atoms with Crippen molar-refractivity contribution in [2.24, 2.45) is 5.41 Å². The smallest absolute Gasteiger partial charge is 0.140 e. The van der Waals surface area contributed by atoms with Gasteiger partial charge in [-0.3, -0.25) is 0 Å². The Morgan fingerprint density at radius 2 is 2.12 bits per heavy atom. The summed E-state index contributed by atoms with van der Waals surface area (Å²) < 4.78 is 0.837. The van der Waals surface area contributed by atoms with Crippen LogP contribution in [0.1, 0.15) is 26.7 Å². The summed E-state index contributed by atoms with van der Waals surface area (Å²) in [6.07, 6.45) is 3.46. The molecule has 5 heteroatoms. The van der Waals surface area contributed by atoms with E-state index in [4.69, 9.17) is 11.6 Å². The number of anilines is 1. The largest absolute Gasteiger partial charge is 0.396 e. The summed E-state index contributed by atoms with van der Waals surface area (Å²) in [6.45, 7) is 5.05. The van der Waals surface area contributed by atoms with E-state index in [-0.39, 0.29) is 12.0 Å². The van der Waals surface area contributed by atoms with Crippen molar-refractivity contribution in [3.05, 3.63) is 21.8 Å². The predicted molar refractivity (Wildman–Crippen MR) is 75.5 cm³/mol. The standard InChI is InChI=1S/C12H18BrClN2O/c1-3-12(4-2,8-17)7-16-11-10(13)5-9(14)6-15-11/h5-6,17H,3-4,7-8H2,1-2H3,(H,15,16). The molecule has 0 saturated heterocycles. The van der Waals surface area contributed by atoms with E-state index >= 15 is 0 Å². The Morgan fingerprint density at radius 3 is 2.59 bits per heavy atom. The zero-order valence-corrected chi connectivity index (χ0v) is 12.5. The van der Waals surface area contributed by atoms with E-state index in [0.717, 1.165) is 23.1 Å². The predicted octanol–water partition coefficient (Wildman–Crippen LogP) is 3.71. The number of pyridine rings is 1. The number of aromatic nitrogens is 1. The van der Waals surface area contributed by atoms with Crippen LogP contribution in [0.5, 0.6) is 0 Å². The number of halogens is 2. The van der Waals surface area contributed by atoms with Gasteiger partial charge in [-0.1, -0.05) is 25.4 Å². The molecular weight excluding hydrogens is 304 g/mol. The fourth-order valence-electron chi connectivity index (χ4n) is 1.60. The lowest BCUT2D eigenvalue weighted by atomic mass is 9.83. The van der Waals surface area contributed by atoms with Gasteiger partial charge in [-0.05, 0) is 34.8 Å². The van der Waals surface area contributed by atoms with Crippen molar-refractivity contribution in [1.82, 2.24) is 4.98 Å². The summed E-state index contributed by atoms with van der Waals surface area (Å²) in [7, 11) is 0. The highest BCUT2D eigenvalue weighted by molar-refractivity contribution is 9.10. The third kappa shape index (κ3) is 3.83. The highest BCUT2D eigenvalue weighted by atomic mass is 79.9. The van der Waals surface area contributed by atoms with Crippen LogP contribution in [0.3, 0.4) is 0 Å². The molecule has 2 N–H and O–H groups in total. The summed E-state index contributed by atoms with van der Waals surface area (Å²) in [4.78, 5) is 4.21. The van der Waals surface area contributed by atoms with Gasteiger partial charge in [0, 0.05) is 18.2 Å². The van der Waals surface area contributed by atoms with Gasteiger partial charge in [-0.25, -0.2) is 4.98 Å². The Morgan fingerprint density at radius 1 is 1.47 bits per heavy atom. The first-order valence-electron chi connectivity index (χ1n) is 5.72. The van der Waals surface area contributed by atoms with Gasteiger partial charge >= 0.3 is 0 Å². The van der Waals surface area contributed by atoms with Gasteiger partial charge in [-0.15, -0.1) is 0 Å². The van der Waals surface area contributed by atoms with Crippen LogP contribution in [0.4, 0.5) is 5.82 Å². The summed E-state index contributed by atoms with van der Waals surface area (Å²) in [6, 6.07) is 1.80. The molecule has 0 aliphatic rings. The van der Waals surface area contributed by atoms with Gasteiger partial charge in [0.05, 0.1) is 16.1 Å². The maximum Gasteiger partial charge on any atom is 0.140 e. The molecular formula is C12H18BrClN2O. The van der Waals surface area contributed by atoms with E-state index in [1.54, 1.807) is 12.3 Å². The zero-order valence-electron chi connectivity index (χ0n) is 10.1. The average Bonchev–Trinajstić information content (AvgIpc) is 2.33. The topological polar surface area (TPSA) is 45.1 Å². The maximum atomic E-state index is 9.47. The number of nitrogens with zero attached hydrogens (tertiary/aromatic N) is 1. The van der Waals surface area contributed by atoms with Crippen molar-refractivity contribution in [3.8, 4) is 0 Å². The molecule has 1 aromatic heterocycles. The molecule has 0 radical (unpaired) electrons. The van der Waals surface area contributed by atoms with E-state index in [9.17, 15) is 5.11 Å². The second kappa shape index (κ2) is 6.57. The van der Waals surface area contributed by atoms with E-state index in [0.29, 0.717) is 11.6 Å². The quantitative estimate of drug-likeness (QED) is 0.839. The minimum absolute atomic E-state index is 0.0826. The van der Waals surface area contributed by atoms with Crippen molar-refractivity contribution < 1.29 is 5.11 Å². The number of aliphatic hydroxyl groups excluding tert-OH is 1. The summed E-state index contributed by atoms with van der Waals surface area (Å²) in [5.74, 6) is 0.758. The Kier molecular flexibility index (Phi) is 5.70. The average molecular weight is 322 g/mol. The maximum absolute atomic E-state index is 9.47. The van der Waals surface area contributed by atoms with Crippen molar-refractivity contribution >= 4 is 33.3 Å². The Bertz CT molecular complexity index is 361. The molecule has 1 rings (SSSR count). The van der Waals surface area contributed by atoms with Crippen LogP contribution in [0.25, 0.3) is 0 Å². The molecule has 17 heavy (non-hydrogen) atoms. The molecule has 0 saturated carbocycles. The normalized spacial score (nSPS) is 11.6. The van der Waals surface area contributed by atoms with E-state index in [1.807, 2.05) is 0 Å². The van der Waals surface area contributed by atoms with Gasteiger partial charge < -0.3 is 10.4 Å². The molecule has 0 aliphatic heterocycles. The fourth-order valence-corrected chi connectivity index (χ4v) is 2.37. The molecule has 0 unspecified atom stereocenters. The van der Waals surface area contributed by atoms with Gasteiger partial charge in [0.15, 0.2) is 0 Å². The van der Waals surface area contributed by atoms with Crippen LogP contribution in [-0.2, 0) is 0 Å². The molecule has 0 bridgehead atoms. The Labute approximate surface area is 116 Å². The lowest BCUT2D eigenvalue weighted by Gasteiger charge is -2.29. The van der Waals surface area contributed by atoms with Crippen LogP contribution in [0.2, 0.25) is 5.02 Å². The molecule has 0 atom stereocenters. The second-order valence-electron chi connectivity index (χ2n) is 4.20. The Hall–Kier alpha value is -0.320. The number of aliphatic hydroxyl groups is 1. The van der Waals surface area contributed by atoms with Gasteiger partial charge in [0.1, 0.15) is 5.82 Å². The Balaban J connectivity index is 2.72. The molecule has 3 nitrogen and oxygen atoms in total. The van der Waals surface area contributed by atoms with Crippen molar-refractivity contribution in [1.29, 1.82) is 0 Å². The van der Waals surface area contributed by atoms with E-state index < -0.39 is 0 Å². The molecule has 0 amide bonds. The third-order valence-electron chi connectivity index (χ3n) is 3.27. The molecule has 0 spiro atoms. The third-order valence-corrected chi connectivity index (χ3v) is 4.09. The van der Waals surface area contributed by atoms with Gasteiger partial charge in [-0.2, -0.15) is 0 Å². The van der Waals surface area contributed by atoms with Gasteiger partial charge in [0.2, 0.25) is 0 Å². The van der Waals surface area contributed by atoms with Crippen LogP contribution in [0, 0.1) is 5.41 Å². The van der Waals surface area contributed by atoms with Crippen LogP contribution in [-0.4, -0.2) is 23.2 Å². The summed E-state index contributed by atoms with van der Waals surface area (Å²) in [5.41, 5.74) is -0.0826. The minimum Gasteiger partial charge on any atom is -0.396 e. The molecule has 1 aromatic rings. The van der Waals surface area contributed by atoms with Crippen molar-refractivity contribution in [3.63, 3.8) is 0 Å². The van der Waals surface area contributed by atoms with Gasteiger partial charge in [0.25, 0.3) is 0 Å². The highest BCUT2D eigenvalue weighted by Crippen LogP contribution is 2.28.